The fraction of sp³-hybridized carbons (Fsp3) is 0.700. The molecule has 0 aromatic carbocycles. The van der Waals surface area contributed by atoms with Gasteiger partial charge in [-0.15, -0.1) is 11.3 Å². The fourth-order valence-corrected chi connectivity index (χ4v) is 3.93. The molecule has 0 radical (unpaired) electrons. The van der Waals surface area contributed by atoms with Crippen molar-refractivity contribution in [2.45, 2.75) is 37.5 Å². The standard InChI is InChI=1S/C10H15NO3S2/c1-6(16(2,13)14)10-11-7-4-3-5-8(12)9(7)15-10/h6,8,12H,3-5H2,1-2H3. The molecule has 0 aliphatic heterocycles. The first kappa shape index (κ1) is 12.0. The van der Waals surface area contributed by atoms with Gasteiger partial charge in [-0.3, -0.25) is 0 Å². The predicted molar refractivity (Wildman–Crippen MR) is 63.3 cm³/mol. The van der Waals surface area contributed by atoms with Gasteiger partial charge in [0.1, 0.15) is 10.3 Å². The Balaban J connectivity index is 2.38. The number of thiazole rings is 1. The van der Waals surface area contributed by atoms with Crippen LogP contribution in [0.25, 0.3) is 0 Å². The summed E-state index contributed by atoms with van der Waals surface area (Å²) >= 11 is 1.34. The molecule has 1 N–H and O–H groups in total. The third kappa shape index (κ3) is 2.14. The molecule has 0 spiro atoms. The summed E-state index contributed by atoms with van der Waals surface area (Å²) in [5.74, 6) is 0. The minimum absolute atomic E-state index is 0.457. The molecule has 2 rings (SSSR count). The number of aromatic nitrogens is 1. The van der Waals surface area contributed by atoms with Crippen LogP contribution in [0.5, 0.6) is 0 Å². The van der Waals surface area contributed by atoms with Crippen molar-refractivity contribution in [3.8, 4) is 0 Å². The van der Waals surface area contributed by atoms with Crippen LogP contribution < -0.4 is 0 Å². The van der Waals surface area contributed by atoms with Crippen molar-refractivity contribution in [1.82, 2.24) is 4.98 Å². The van der Waals surface area contributed by atoms with E-state index in [1.54, 1.807) is 6.92 Å². The Morgan fingerprint density at radius 2 is 2.25 bits per heavy atom. The van der Waals surface area contributed by atoms with E-state index in [4.69, 9.17) is 0 Å². The van der Waals surface area contributed by atoms with E-state index in [1.807, 2.05) is 0 Å². The highest BCUT2D eigenvalue weighted by atomic mass is 32.2. The number of rotatable bonds is 2. The molecule has 0 saturated heterocycles. The molecule has 2 atom stereocenters. The lowest BCUT2D eigenvalue weighted by atomic mass is 10.0. The number of aliphatic hydroxyl groups is 1. The Morgan fingerprint density at radius 3 is 2.81 bits per heavy atom. The number of hydrogen-bond donors (Lipinski definition) is 1. The molecule has 2 unspecified atom stereocenters. The zero-order chi connectivity index (χ0) is 11.9. The predicted octanol–water partition coefficient (Wildman–Crippen LogP) is 1.62. The summed E-state index contributed by atoms with van der Waals surface area (Å²) in [5, 5.41) is 9.81. The van der Waals surface area contributed by atoms with Gasteiger partial charge in [-0.25, -0.2) is 13.4 Å². The van der Waals surface area contributed by atoms with E-state index < -0.39 is 21.2 Å². The second-order valence-electron chi connectivity index (χ2n) is 4.24. The van der Waals surface area contributed by atoms with Crippen LogP contribution in [0.2, 0.25) is 0 Å². The van der Waals surface area contributed by atoms with Gasteiger partial charge in [-0.2, -0.15) is 0 Å². The molecular weight excluding hydrogens is 246 g/mol. The molecule has 90 valence electrons. The molecule has 6 heteroatoms. The Bertz CT molecular complexity index is 492. The molecule has 1 aromatic rings. The van der Waals surface area contributed by atoms with Gasteiger partial charge in [-0.05, 0) is 26.2 Å². The summed E-state index contributed by atoms with van der Waals surface area (Å²) in [6, 6.07) is 0. The van der Waals surface area contributed by atoms with Crippen molar-refractivity contribution < 1.29 is 13.5 Å². The van der Waals surface area contributed by atoms with Crippen LogP contribution in [0.4, 0.5) is 0 Å². The fourth-order valence-electron chi connectivity index (χ4n) is 1.77. The van der Waals surface area contributed by atoms with Crippen LogP contribution in [0.15, 0.2) is 0 Å². The number of nitrogens with zero attached hydrogens (tertiary/aromatic N) is 1. The minimum atomic E-state index is -3.11. The van der Waals surface area contributed by atoms with Gasteiger partial charge in [-0.1, -0.05) is 0 Å². The van der Waals surface area contributed by atoms with E-state index >= 15 is 0 Å². The Kier molecular flexibility index (Phi) is 3.07. The maximum atomic E-state index is 11.4. The molecule has 1 aliphatic carbocycles. The summed E-state index contributed by atoms with van der Waals surface area (Å²) in [6.45, 7) is 1.64. The van der Waals surface area contributed by atoms with E-state index in [9.17, 15) is 13.5 Å². The zero-order valence-electron chi connectivity index (χ0n) is 9.30. The van der Waals surface area contributed by atoms with E-state index in [2.05, 4.69) is 4.98 Å². The van der Waals surface area contributed by atoms with Crippen molar-refractivity contribution in [2.24, 2.45) is 0 Å². The van der Waals surface area contributed by atoms with Crippen LogP contribution in [0, 0.1) is 0 Å². The largest absolute Gasteiger partial charge is 0.388 e. The van der Waals surface area contributed by atoms with Crippen molar-refractivity contribution >= 4 is 21.2 Å². The Hall–Kier alpha value is -0.460. The highest BCUT2D eigenvalue weighted by molar-refractivity contribution is 7.91. The monoisotopic (exact) mass is 261 g/mol. The smallest absolute Gasteiger partial charge is 0.156 e. The third-order valence-corrected chi connectivity index (χ3v) is 5.97. The first-order valence-electron chi connectivity index (χ1n) is 5.26. The minimum Gasteiger partial charge on any atom is -0.388 e. The quantitative estimate of drug-likeness (QED) is 0.878. The number of aryl methyl sites for hydroxylation is 1. The first-order valence-corrected chi connectivity index (χ1v) is 8.03. The average Bonchev–Trinajstić information content (AvgIpc) is 2.60. The van der Waals surface area contributed by atoms with E-state index in [0.717, 1.165) is 29.8 Å². The first-order chi connectivity index (χ1) is 7.39. The van der Waals surface area contributed by atoms with Crippen molar-refractivity contribution in [1.29, 1.82) is 0 Å². The van der Waals surface area contributed by atoms with Crippen LogP contribution in [-0.2, 0) is 16.3 Å². The van der Waals surface area contributed by atoms with Crippen molar-refractivity contribution in [3.63, 3.8) is 0 Å². The van der Waals surface area contributed by atoms with Crippen LogP contribution in [0.1, 0.15) is 46.7 Å². The van der Waals surface area contributed by atoms with Crippen LogP contribution >= 0.6 is 11.3 Å². The number of sulfone groups is 1. The molecule has 1 aliphatic rings. The summed E-state index contributed by atoms with van der Waals surface area (Å²) < 4.78 is 22.9. The average molecular weight is 261 g/mol. The Morgan fingerprint density at radius 1 is 1.56 bits per heavy atom. The van der Waals surface area contributed by atoms with Gasteiger partial charge >= 0.3 is 0 Å². The maximum Gasteiger partial charge on any atom is 0.156 e. The molecule has 0 saturated carbocycles. The van der Waals surface area contributed by atoms with E-state index in [0.29, 0.717) is 5.01 Å². The number of hydrogen-bond acceptors (Lipinski definition) is 5. The zero-order valence-corrected chi connectivity index (χ0v) is 10.9. The summed E-state index contributed by atoms with van der Waals surface area (Å²) in [6.07, 6.45) is 3.28. The second kappa shape index (κ2) is 4.09. The molecule has 0 amide bonds. The Labute approximate surface area is 99.3 Å². The van der Waals surface area contributed by atoms with Gasteiger partial charge in [0.15, 0.2) is 9.84 Å². The molecule has 1 aromatic heterocycles. The third-order valence-electron chi connectivity index (χ3n) is 2.93. The summed E-state index contributed by atoms with van der Waals surface area (Å²) in [7, 11) is -3.11. The van der Waals surface area contributed by atoms with Gasteiger partial charge in [0.25, 0.3) is 0 Å². The van der Waals surface area contributed by atoms with Gasteiger partial charge in [0.05, 0.1) is 16.7 Å². The molecule has 1 heterocycles. The number of fused-ring (bicyclic) bond motifs is 1. The lowest BCUT2D eigenvalue weighted by Gasteiger charge is -2.14. The highest BCUT2D eigenvalue weighted by Gasteiger charge is 2.27. The summed E-state index contributed by atoms with van der Waals surface area (Å²) in [4.78, 5) is 5.21. The van der Waals surface area contributed by atoms with Gasteiger partial charge in [0, 0.05) is 6.26 Å². The maximum absolute atomic E-state index is 11.4. The van der Waals surface area contributed by atoms with Crippen LogP contribution in [-0.4, -0.2) is 24.8 Å². The molecule has 4 nitrogen and oxygen atoms in total. The van der Waals surface area contributed by atoms with E-state index in [-0.39, 0.29) is 0 Å². The molecule has 0 bridgehead atoms. The topological polar surface area (TPSA) is 67.3 Å². The molecule has 16 heavy (non-hydrogen) atoms. The SMILES string of the molecule is CC(c1nc2c(s1)C(O)CCC2)S(C)(=O)=O. The van der Waals surface area contributed by atoms with Gasteiger partial charge < -0.3 is 5.11 Å². The summed E-state index contributed by atoms with van der Waals surface area (Å²) in [5.41, 5.74) is 0.884. The van der Waals surface area contributed by atoms with Crippen molar-refractivity contribution in [3.05, 3.63) is 15.6 Å². The molecule has 0 fully saturated rings. The van der Waals surface area contributed by atoms with Crippen molar-refractivity contribution in [2.75, 3.05) is 6.26 Å². The van der Waals surface area contributed by atoms with Gasteiger partial charge in [0.2, 0.25) is 0 Å². The lowest BCUT2D eigenvalue weighted by Crippen LogP contribution is -2.08. The van der Waals surface area contributed by atoms with E-state index in [1.165, 1.54) is 17.6 Å². The second-order valence-corrected chi connectivity index (χ2v) is 7.67. The normalized spacial score (nSPS) is 22.8. The molecular formula is C10H15NO3S2. The lowest BCUT2D eigenvalue weighted by molar-refractivity contribution is 0.160. The number of aliphatic hydroxyl groups excluding tert-OH is 1. The highest BCUT2D eigenvalue weighted by Crippen LogP contribution is 2.37. The van der Waals surface area contributed by atoms with Crippen LogP contribution in [0.3, 0.4) is 0 Å².